The van der Waals surface area contributed by atoms with Crippen LogP contribution in [0.3, 0.4) is 0 Å². The summed E-state index contributed by atoms with van der Waals surface area (Å²) in [5, 5.41) is 3.00. The molecule has 7 heteroatoms. The van der Waals surface area contributed by atoms with Crippen LogP contribution in [0.25, 0.3) is 5.57 Å². The van der Waals surface area contributed by atoms with Crippen LogP contribution < -0.4 is 10.8 Å². The molecule has 1 aromatic carbocycles. The van der Waals surface area contributed by atoms with Crippen molar-refractivity contribution in [2.45, 2.75) is 47.1 Å². The van der Waals surface area contributed by atoms with Crippen LogP contribution >= 0.6 is 11.8 Å². The second-order valence-electron chi connectivity index (χ2n) is 8.17. The van der Waals surface area contributed by atoms with E-state index in [9.17, 15) is 9.59 Å². The number of Topliss-reactive ketones (excluding diaryl/α,β-unsaturated/α-hetero) is 1. The maximum absolute atomic E-state index is 13.1. The number of thioether (sulfide) groups is 1. The van der Waals surface area contributed by atoms with Gasteiger partial charge in [0.15, 0.2) is 5.78 Å². The summed E-state index contributed by atoms with van der Waals surface area (Å²) in [6.07, 6.45) is 2.67. The molecule has 1 aliphatic carbocycles. The van der Waals surface area contributed by atoms with Gasteiger partial charge in [0.25, 0.3) is 0 Å². The van der Waals surface area contributed by atoms with E-state index in [-0.39, 0.29) is 17.0 Å². The van der Waals surface area contributed by atoms with Crippen LogP contribution in [0.1, 0.15) is 47.7 Å². The van der Waals surface area contributed by atoms with Crippen LogP contribution in [0.2, 0.25) is 0 Å². The van der Waals surface area contributed by atoms with Gasteiger partial charge in [-0.1, -0.05) is 36.1 Å². The molecule has 0 amide bonds. The molecule has 0 saturated heterocycles. The molecule has 3 rings (SSSR count). The zero-order valence-electron chi connectivity index (χ0n) is 19.2. The molecule has 32 heavy (non-hydrogen) atoms. The van der Waals surface area contributed by atoms with E-state index in [4.69, 9.17) is 12.6 Å². The Labute approximate surface area is 195 Å². The van der Waals surface area contributed by atoms with E-state index in [1.807, 2.05) is 39.8 Å². The van der Waals surface area contributed by atoms with Gasteiger partial charge in [-0.3, -0.25) is 9.78 Å². The number of carbonyl (C=O) groups is 2. The van der Waals surface area contributed by atoms with Gasteiger partial charge >= 0.3 is 5.30 Å². The molecule has 1 N–H and O–H groups in total. The zero-order valence-corrected chi connectivity index (χ0v) is 20.0. The largest absolute Gasteiger partial charge is 0.422 e. The molecule has 1 aliphatic rings. The molecule has 0 fully saturated rings. The van der Waals surface area contributed by atoms with Crippen molar-refractivity contribution in [1.29, 1.82) is 0 Å². The van der Waals surface area contributed by atoms with E-state index in [1.54, 1.807) is 6.20 Å². The second kappa shape index (κ2) is 11.0. The van der Waals surface area contributed by atoms with E-state index < -0.39 is 0 Å². The molecular weight excluding hydrogens is 419 g/mol. The quantitative estimate of drug-likeness (QED) is 0.372. The van der Waals surface area contributed by atoms with Gasteiger partial charge in [-0.2, -0.15) is 0 Å². The van der Waals surface area contributed by atoms with Crippen molar-refractivity contribution in [2.24, 2.45) is 5.92 Å². The number of rotatable bonds is 8. The summed E-state index contributed by atoms with van der Waals surface area (Å²) < 4.78 is 5.80. The van der Waals surface area contributed by atoms with E-state index in [0.29, 0.717) is 48.5 Å². The number of allylic oxidation sites excluding steroid dienone is 2. The van der Waals surface area contributed by atoms with Crippen molar-refractivity contribution in [1.82, 2.24) is 10.3 Å². The SMILES string of the molecule is [B]c1ccc(CNCCC2CC(=O)C(c3c(C)cc(C)cc3C)=C2OC(=O)SCC)nc1. The lowest BCUT2D eigenvalue weighted by Gasteiger charge is -2.17. The molecule has 5 nitrogen and oxygen atoms in total. The standard InChI is InChI=1S/C25H29BN2O3S/c1-5-32-25(30)31-24-18(8-9-27-14-20-7-6-19(26)13-28-20)12-21(29)23(24)22-16(3)10-15(2)11-17(22)4/h6-7,10-11,13,18,27H,5,8-9,12,14H2,1-4H3. The predicted molar refractivity (Wildman–Crippen MR) is 131 cm³/mol. The van der Waals surface area contributed by atoms with Gasteiger partial charge in [0, 0.05) is 30.8 Å². The lowest BCUT2D eigenvalue weighted by Crippen LogP contribution is -2.20. The predicted octanol–water partition coefficient (Wildman–Crippen LogP) is 4.17. The number of aromatic nitrogens is 1. The Morgan fingerprint density at radius 2 is 1.97 bits per heavy atom. The summed E-state index contributed by atoms with van der Waals surface area (Å²) >= 11 is 1.12. The van der Waals surface area contributed by atoms with E-state index in [0.717, 1.165) is 39.7 Å². The molecule has 0 aliphatic heterocycles. The van der Waals surface area contributed by atoms with Gasteiger partial charge in [0.1, 0.15) is 13.6 Å². The zero-order chi connectivity index (χ0) is 23.3. The number of carbonyl (C=O) groups excluding carboxylic acids is 2. The van der Waals surface area contributed by atoms with Crippen LogP contribution in [-0.4, -0.2) is 36.2 Å². The molecule has 0 saturated carbocycles. The summed E-state index contributed by atoms with van der Waals surface area (Å²) in [6, 6.07) is 7.84. The first-order valence-corrected chi connectivity index (χ1v) is 11.9. The third-order valence-electron chi connectivity index (χ3n) is 5.53. The summed E-state index contributed by atoms with van der Waals surface area (Å²) in [7, 11) is 5.68. The Bertz CT molecular complexity index is 1010. The van der Waals surface area contributed by atoms with Crippen molar-refractivity contribution in [3.8, 4) is 0 Å². The van der Waals surface area contributed by atoms with Crippen LogP contribution in [0.15, 0.2) is 36.2 Å². The molecule has 1 atom stereocenters. The first-order chi connectivity index (χ1) is 15.3. The van der Waals surface area contributed by atoms with Crippen molar-refractivity contribution < 1.29 is 14.3 Å². The first-order valence-electron chi connectivity index (χ1n) is 10.9. The highest BCUT2D eigenvalue weighted by atomic mass is 32.2. The number of aryl methyl sites for hydroxylation is 3. The van der Waals surface area contributed by atoms with Crippen molar-refractivity contribution in [2.75, 3.05) is 12.3 Å². The maximum Gasteiger partial charge on any atom is 0.372 e. The highest BCUT2D eigenvalue weighted by molar-refractivity contribution is 8.13. The fourth-order valence-corrected chi connectivity index (χ4v) is 4.62. The normalized spacial score (nSPS) is 16.0. The van der Waals surface area contributed by atoms with Crippen molar-refractivity contribution >= 4 is 41.7 Å². The van der Waals surface area contributed by atoms with Gasteiger partial charge in [-0.25, -0.2) is 4.79 Å². The van der Waals surface area contributed by atoms with E-state index in [2.05, 4.69) is 22.4 Å². The topological polar surface area (TPSA) is 68.3 Å². The van der Waals surface area contributed by atoms with Crippen LogP contribution in [-0.2, 0) is 16.1 Å². The molecule has 2 aromatic rings. The number of nitrogens with one attached hydrogen (secondary N) is 1. The Hall–Kier alpha value is -2.38. The van der Waals surface area contributed by atoms with Crippen molar-refractivity contribution in [3.63, 3.8) is 0 Å². The number of nitrogens with zero attached hydrogens (tertiary/aromatic N) is 1. The second-order valence-corrected chi connectivity index (χ2v) is 9.37. The number of benzene rings is 1. The fourth-order valence-electron chi connectivity index (χ4n) is 4.23. The maximum atomic E-state index is 13.1. The first kappa shape index (κ1) is 24.3. The van der Waals surface area contributed by atoms with E-state index in [1.165, 1.54) is 0 Å². The third-order valence-corrected chi connectivity index (χ3v) is 6.14. The van der Waals surface area contributed by atoms with E-state index >= 15 is 0 Å². The minimum atomic E-state index is -0.360. The Kier molecular flexibility index (Phi) is 8.32. The van der Waals surface area contributed by atoms with Gasteiger partial charge in [0.2, 0.25) is 0 Å². The van der Waals surface area contributed by atoms with Gasteiger partial charge in [-0.15, -0.1) is 0 Å². The van der Waals surface area contributed by atoms with Gasteiger partial charge < -0.3 is 10.1 Å². The lowest BCUT2D eigenvalue weighted by molar-refractivity contribution is -0.113. The molecule has 166 valence electrons. The third kappa shape index (κ3) is 5.90. The Morgan fingerprint density at radius 3 is 2.59 bits per heavy atom. The molecule has 1 heterocycles. The highest BCUT2D eigenvalue weighted by Gasteiger charge is 2.37. The minimum absolute atomic E-state index is 0.0366. The number of pyridine rings is 1. The highest BCUT2D eigenvalue weighted by Crippen LogP contribution is 2.41. The summed E-state index contributed by atoms with van der Waals surface area (Å²) in [4.78, 5) is 29.8. The number of hydrogen-bond donors (Lipinski definition) is 1. The smallest absolute Gasteiger partial charge is 0.372 e. The molecule has 1 unspecified atom stereocenters. The number of ether oxygens (including phenoxy) is 1. The van der Waals surface area contributed by atoms with Crippen LogP contribution in [0.4, 0.5) is 4.79 Å². The van der Waals surface area contributed by atoms with Gasteiger partial charge in [-0.05, 0) is 68.3 Å². The molecule has 1 aromatic heterocycles. The number of ketones is 1. The molecule has 2 radical (unpaired) electrons. The van der Waals surface area contributed by atoms with Crippen LogP contribution in [0.5, 0.6) is 0 Å². The lowest BCUT2D eigenvalue weighted by atomic mass is 9.92. The fraction of sp³-hybridized carbons (Fsp3) is 0.400. The summed E-state index contributed by atoms with van der Waals surface area (Å²) in [6.45, 7) is 9.23. The Morgan fingerprint density at radius 1 is 1.25 bits per heavy atom. The molecule has 0 spiro atoms. The Balaban J connectivity index is 1.81. The molecular formula is C25H29BN2O3S. The monoisotopic (exact) mass is 448 g/mol. The number of hydrogen-bond acceptors (Lipinski definition) is 6. The average molecular weight is 448 g/mol. The molecule has 0 bridgehead atoms. The van der Waals surface area contributed by atoms with Gasteiger partial charge in [0.05, 0.1) is 11.3 Å². The summed E-state index contributed by atoms with van der Waals surface area (Å²) in [5.74, 6) is 1.04. The minimum Gasteiger partial charge on any atom is -0.422 e. The summed E-state index contributed by atoms with van der Waals surface area (Å²) in [5.41, 5.74) is 6.18. The van der Waals surface area contributed by atoms with Crippen LogP contribution in [0, 0.1) is 26.7 Å². The van der Waals surface area contributed by atoms with Crippen molar-refractivity contribution in [3.05, 3.63) is 64.2 Å². The average Bonchev–Trinajstić information content (AvgIpc) is 3.01.